The Bertz CT molecular complexity index is 619. The number of halogens is 2. The number of hydrogen-bond acceptors (Lipinski definition) is 4. The highest BCUT2D eigenvalue weighted by Crippen LogP contribution is 2.35. The van der Waals surface area contributed by atoms with Gasteiger partial charge >= 0.3 is 0 Å². The molecule has 1 aromatic rings. The molecule has 1 aliphatic carbocycles. The van der Waals surface area contributed by atoms with E-state index < -0.39 is 0 Å². The van der Waals surface area contributed by atoms with Crippen LogP contribution in [0.25, 0.3) is 0 Å². The van der Waals surface area contributed by atoms with Crippen molar-refractivity contribution < 1.29 is 14.2 Å². The van der Waals surface area contributed by atoms with Gasteiger partial charge in [0.25, 0.3) is 0 Å². The van der Waals surface area contributed by atoms with Crippen LogP contribution in [0.1, 0.15) is 12.8 Å². The van der Waals surface area contributed by atoms with Crippen LogP contribution in [0.15, 0.2) is 36.2 Å². The zero-order valence-electron chi connectivity index (χ0n) is 12.1. The number of aromatic nitrogens is 1. The Kier molecular flexibility index (Phi) is 4.36. The number of nitrogens with zero attached hydrogens (tertiary/aromatic N) is 2. The summed E-state index contributed by atoms with van der Waals surface area (Å²) in [5.74, 6) is 2.01. The Labute approximate surface area is 138 Å². The molecule has 0 spiro atoms. The van der Waals surface area contributed by atoms with Gasteiger partial charge in [0, 0.05) is 6.54 Å². The highest BCUT2D eigenvalue weighted by molar-refractivity contribution is 6.38. The summed E-state index contributed by atoms with van der Waals surface area (Å²) in [6.45, 7) is 1.25. The molecule has 0 unspecified atom stereocenters. The zero-order chi connectivity index (χ0) is 15.7. The van der Waals surface area contributed by atoms with Crippen molar-refractivity contribution in [3.8, 4) is 0 Å². The summed E-state index contributed by atoms with van der Waals surface area (Å²) in [4.78, 5) is 1.83. The molecular weight excluding hydrogens is 327 g/mol. The molecular formula is C15H16Cl2N2O3. The summed E-state index contributed by atoms with van der Waals surface area (Å²) in [5.41, 5.74) is 0.572. The third-order valence-electron chi connectivity index (χ3n) is 3.60. The van der Waals surface area contributed by atoms with Gasteiger partial charge in [0.05, 0.1) is 25.6 Å². The van der Waals surface area contributed by atoms with Crippen LogP contribution in [0, 0.1) is 11.1 Å². The molecule has 0 N–H and O–H groups in total. The first-order chi connectivity index (χ1) is 10.6. The minimum absolute atomic E-state index is 0.282. The lowest BCUT2D eigenvalue weighted by Crippen LogP contribution is -2.28. The first-order valence-corrected chi connectivity index (χ1v) is 7.77. The molecule has 2 aliphatic rings. The lowest BCUT2D eigenvalue weighted by Gasteiger charge is -2.26. The van der Waals surface area contributed by atoms with Crippen molar-refractivity contribution in [1.82, 2.24) is 0 Å². The SMILES string of the molecule is COC1=CN(c2c(Cl)c[n+]([O-])cc2Cl)CC=C1OCC1CC1. The Morgan fingerprint density at radius 2 is 1.95 bits per heavy atom. The second-order valence-corrected chi connectivity index (χ2v) is 6.15. The molecule has 1 saturated carbocycles. The van der Waals surface area contributed by atoms with Gasteiger partial charge in [-0.15, -0.1) is 0 Å². The van der Waals surface area contributed by atoms with Crippen LogP contribution in [0.3, 0.4) is 0 Å². The molecule has 1 aromatic heterocycles. The van der Waals surface area contributed by atoms with E-state index in [1.165, 1.54) is 25.2 Å². The van der Waals surface area contributed by atoms with Gasteiger partial charge in [-0.2, -0.15) is 4.73 Å². The Balaban J connectivity index is 1.81. The van der Waals surface area contributed by atoms with Gasteiger partial charge in [-0.05, 0) is 24.8 Å². The van der Waals surface area contributed by atoms with E-state index in [1.54, 1.807) is 13.3 Å². The van der Waals surface area contributed by atoms with Gasteiger partial charge in [-0.1, -0.05) is 23.2 Å². The molecule has 0 radical (unpaired) electrons. The minimum atomic E-state index is 0.282. The van der Waals surface area contributed by atoms with Crippen LogP contribution in [-0.2, 0) is 9.47 Å². The van der Waals surface area contributed by atoms with E-state index >= 15 is 0 Å². The zero-order valence-corrected chi connectivity index (χ0v) is 13.6. The second kappa shape index (κ2) is 6.26. The van der Waals surface area contributed by atoms with Crippen LogP contribution < -0.4 is 9.63 Å². The average Bonchev–Trinajstić information content (AvgIpc) is 3.28. The van der Waals surface area contributed by atoms with Crippen molar-refractivity contribution >= 4 is 28.9 Å². The summed E-state index contributed by atoms with van der Waals surface area (Å²) in [7, 11) is 1.59. The fraction of sp³-hybridized carbons (Fsp3) is 0.400. The lowest BCUT2D eigenvalue weighted by molar-refractivity contribution is -0.605. The van der Waals surface area contributed by atoms with Crippen LogP contribution in [0.2, 0.25) is 10.0 Å². The van der Waals surface area contributed by atoms with Crippen molar-refractivity contribution in [3.05, 3.63) is 51.4 Å². The fourth-order valence-corrected chi connectivity index (χ4v) is 2.90. The highest BCUT2D eigenvalue weighted by Gasteiger charge is 2.25. The number of ether oxygens (including phenoxy) is 2. The third kappa shape index (κ3) is 3.25. The quantitative estimate of drug-likeness (QED) is 0.608. The molecule has 0 aromatic carbocycles. The maximum Gasteiger partial charge on any atom is 0.201 e. The van der Waals surface area contributed by atoms with Crippen LogP contribution >= 0.6 is 23.2 Å². The molecule has 118 valence electrons. The van der Waals surface area contributed by atoms with Crippen LogP contribution in [-0.4, -0.2) is 20.3 Å². The summed E-state index contributed by atoms with van der Waals surface area (Å²) >= 11 is 12.3. The van der Waals surface area contributed by atoms with Crippen molar-refractivity contribution in [2.45, 2.75) is 12.8 Å². The predicted octanol–water partition coefficient (Wildman–Crippen LogP) is 3.25. The molecule has 7 heteroatoms. The van der Waals surface area contributed by atoms with Gasteiger partial charge in [0.15, 0.2) is 11.5 Å². The molecule has 2 heterocycles. The smallest absolute Gasteiger partial charge is 0.201 e. The van der Waals surface area contributed by atoms with Gasteiger partial charge in [0.2, 0.25) is 12.4 Å². The molecule has 0 saturated heterocycles. The largest absolute Gasteiger partial charge is 0.619 e. The Morgan fingerprint density at radius 1 is 1.27 bits per heavy atom. The van der Waals surface area contributed by atoms with Crippen molar-refractivity contribution in [2.24, 2.45) is 5.92 Å². The molecule has 22 heavy (non-hydrogen) atoms. The molecule has 0 bridgehead atoms. The average molecular weight is 343 g/mol. The number of methoxy groups -OCH3 is 1. The molecule has 3 rings (SSSR count). The van der Waals surface area contributed by atoms with Crippen LogP contribution in [0.5, 0.6) is 0 Å². The molecule has 1 fully saturated rings. The van der Waals surface area contributed by atoms with Gasteiger partial charge < -0.3 is 19.6 Å². The Hall–Kier alpha value is -1.59. The summed E-state index contributed by atoms with van der Waals surface area (Å²) < 4.78 is 11.8. The molecule has 5 nitrogen and oxygen atoms in total. The maximum atomic E-state index is 11.3. The number of anilines is 1. The number of rotatable bonds is 5. The fourth-order valence-electron chi connectivity index (χ4n) is 2.24. The van der Waals surface area contributed by atoms with Gasteiger partial charge in [-0.25, -0.2) is 0 Å². The predicted molar refractivity (Wildman–Crippen MR) is 84.6 cm³/mol. The first-order valence-electron chi connectivity index (χ1n) is 7.02. The van der Waals surface area contributed by atoms with E-state index in [0.29, 0.717) is 28.6 Å². The standard InChI is InChI=1S/C15H16Cl2N2O3/c1-21-14-8-18(5-4-13(14)22-9-10-2-3-10)15-11(16)6-19(20)7-12(15)17/h4,6-8,10H,2-3,5,9H2,1H3. The van der Waals surface area contributed by atoms with Crippen molar-refractivity contribution in [2.75, 3.05) is 25.2 Å². The number of pyridine rings is 1. The lowest BCUT2D eigenvalue weighted by atomic mass is 10.2. The molecule has 0 atom stereocenters. The first kappa shape index (κ1) is 15.3. The van der Waals surface area contributed by atoms with Crippen molar-refractivity contribution in [3.63, 3.8) is 0 Å². The van der Waals surface area contributed by atoms with Gasteiger partial charge in [0.1, 0.15) is 10.0 Å². The molecule has 0 amide bonds. The van der Waals surface area contributed by atoms with E-state index in [4.69, 9.17) is 32.7 Å². The number of hydrogen-bond donors (Lipinski definition) is 0. The minimum Gasteiger partial charge on any atom is -0.619 e. The Morgan fingerprint density at radius 3 is 2.55 bits per heavy atom. The second-order valence-electron chi connectivity index (χ2n) is 5.34. The summed E-state index contributed by atoms with van der Waals surface area (Å²) in [5, 5.41) is 11.9. The summed E-state index contributed by atoms with van der Waals surface area (Å²) in [6.07, 6.45) is 8.71. The van der Waals surface area contributed by atoms with E-state index in [1.807, 2.05) is 11.0 Å². The summed E-state index contributed by atoms with van der Waals surface area (Å²) in [6, 6.07) is 0. The third-order valence-corrected chi connectivity index (χ3v) is 4.15. The van der Waals surface area contributed by atoms with E-state index in [-0.39, 0.29) is 10.0 Å². The topological polar surface area (TPSA) is 48.6 Å². The van der Waals surface area contributed by atoms with E-state index in [2.05, 4.69) is 0 Å². The van der Waals surface area contributed by atoms with Crippen LogP contribution in [0.4, 0.5) is 5.69 Å². The monoisotopic (exact) mass is 342 g/mol. The van der Waals surface area contributed by atoms with Crippen molar-refractivity contribution in [1.29, 1.82) is 0 Å². The highest BCUT2D eigenvalue weighted by atomic mass is 35.5. The van der Waals surface area contributed by atoms with E-state index in [9.17, 15) is 5.21 Å². The van der Waals surface area contributed by atoms with Gasteiger partial charge in [-0.3, -0.25) is 0 Å². The van der Waals surface area contributed by atoms with E-state index in [0.717, 1.165) is 12.4 Å². The normalized spacial score (nSPS) is 17.9. The maximum absolute atomic E-state index is 11.3. The molecule has 1 aliphatic heterocycles.